The maximum Gasteiger partial charge on any atom is 0.255 e. The summed E-state index contributed by atoms with van der Waals surface area (Å²) in [5, 5.41) is 2.45. The molecule has 0 saturated heterocycles. The van der Waals surface area contributed by atoms with E-state index in [4.69, 9.17) is 5.73 Å². The van der Waals surface area contributed by atoms with Crippen molar-refractivity contribution >= 4 is 11.8 Å². The van der Waals surface area contributed by atoms with Crippen molar-refractivity contribution in [3.8, 4) is 0 Å². The van der Waals surface area contributed by atoms with Gasteiger partial charge in [0.2, 0.25) is 5.91 Å². The Morgan fingerprint density at radius 1 is 1.19 bits per heavy atom. The summed E-state index contributed by atoms with van der Waals surface area (Å²) < 4.78 is 26.7. The van der Waals surface area contributed by atoms with Crippen LogP contribution >= 0.6 is 0 Å². The molecule has 2 rings (SSSR count). The number of nitrogens with two attached hydrogens (primary N) is 1. The van der Waals surface area contributed by atoms with E-state index in [1.807, 2.05) is 0 Å². The highest BCUT2D eigenvalue weighted by molar-refractivity contribution is 5.97. The number of halogens is 2. The van der Waals surface area contributed by atoms with E-state index in [9.17, 15) is 18.4 Å². The summed E-state index contributed by atoms with van der Waals surface area (Å²) in [5.41, 5.74) is 4.92. The normalized spacial score (nSPS) is 17.2. The van der Waals surface area contributed by atoms with E-state index >= 15 is 0 Å². The fourth-order valence-corrected chi connectivity index (χ4v) is 2.79. The Bertz CT molecular complexity index is 542. The molecule has 6 heteroatoms. The van der Waals surface area contributed by atoms with Crippen molar-refractivity contribution in [2.24, 2.45) is 11.7 Å². The first-order chi connectivity index (χ1) is 10.0. The predicted molar refractivity (Wildman–Crippen MR) is 73.4 cm³/mol. The number of carbonyl (C=O) groups excluding carboxylic acids is 2. The standard InChI is InChI=1S/C15H18F2N2O2/c16-11-8-4-7-10(12(11)17)15(21)19-13(14(18)20)9-5-2-1-3-6-9/h4,7-9,13H,1-3,5-6H2,(H2,18,20)(H,19,21)/t13-/m1/s1. The van der Waals surface area contributed by atoms with Crippen molar-refractivity contribution in [2.45, 2.75) is 38.1 Å². The Balaban J connectivity index is 2.14. The molecule has 0 aliphatic heterocycles. The maximum atomic E-state index is 13.6. The summed E-state index contributed by atoms with van der Waals surface area (Å²) in [6.45, 7) is 0. The number of nitrogens with one attached hydrogen (secondary N) is 1. The van der Waals surface area contributed by atoms with Crippen molar-refractivity contribution in [1.82, 2.24) is 5.32 Å². The zero-order valence-electron chi connectivity index (χ0n) is 11.6. The Morgan fingerprint density at radius 2 is 1.86 bits per heavy atom. The van der Waals surface area contributed by atoms with Gasteiger partial charge in [0, 0.05) is 0 Å². The molecule has 3 N–H and O–H groups in total. The van der Waals surface area contributed by atoms with Gasteiger partial charge in [0.25, 0.3) is 5.91 Å². The van der Waals surface area contributed by atoms with Crippen LogP contribution in [0.3, 0.4) is 0 Å². The van der Waals surface area contributed by atoms with Gasteiger partial charge in [-0.2, -0.15) is 0 Å². The molecule has 114 valence electrons. The van der Waals surface area contributed by atoms with Crippen LogP contribution in [0.25, 0.3) is 0 Å². The van der Waals surface area contributed by atoms with Crippen LogP contribution in [0, 0.1) is 17.6 Å². The molecule has 4 nitrogen and oxygen atoms in total. The Hall–Kier alpha value is -1.98. The maximum absolute atomic E-state index is 13.6. The average molecular weight is 296 g/mol. The van der Waals surface area contributed by atoms with Gasteiger partial charge in [-0.15, -0.1) is 0 Å². The van der Waals surface area contributed by atoms with Gasteiger partial charge < -0.3 is 11.1 Å². The number of hydrogen-bond donors (Lipinski definition) is 2. The van der Waals surface area contributed by atoms with Crippen molar-refractivity contribution in [3.63, 3.8) is 0 Å². The molecule has 1 aromatic rings. The van der Waals surface area contributed by atoms with Gasteiger partial charge >= 0.3 is 0 Å². The fourth-order valence-electron chi connectivity index (χ4n) is 2.79. The summed E-state index contributed by atoms with van der Waals surface area (Å²) in [5.74, 6) is -3.83. The third-order valence-corrected chi connectivity index (χ3v) is 3.91. The molecule has 2 amide bonds. The van der Waals surface area contributed by atoms with Crippen LogP contribution in [0.5, 0.6) is 0 Å². The van der Waals surface area contributed by atoms with Crippen LogP contribution in [-0.4, -0.2) is 17.9 Å². The van der Waals surface area contributed by atoms with E-state index in [1.54, 1.807) is 0 Å². The Labute approximate surface area is 121 Å². The summed E-state index contributed by atoms with van der Waals surface area (Å²) >= 11 is 0. The lowest BCUT2D eigenvalue weighted by atomic mass is 9.83. The predicted octanol–water partition coefficient (Wildman–Crippen LogP) is 2.13. The Morgan fingerprint density at radius 3 is 2.48 bits per heavy atom. The van der Waals surface area contributed by atoms with Crippen molar-refractivity contribution in [1.29, 1.82) is 0 Å². The van der Waals surface area contributed by atoms with Crippen molar-refractivity contribution in [2.75, 3.05) is 0 Å². The molecule has 21 heavy (non-hydrogen) atoms. The fraction of sp³-hybridized carbons (Fsp3) is 0.467. The minimum Gasteiger partial charge on any atom is -0.368 e. The molecule has 1 aliphatic rings. The molecular formula is C15H18F2N2O2. The van der Waals surface area contributed by atoms with Crippen LogP contribution in [0.2, 0.25) is 0 Å². The number of rotatable bonds is 4. The van der Waals surface area contributed by atoms with Crippen LogP contribution in [0.1, 0.15) is 42.5 Å². The van der Waals surface area contributed by atoms with Gasteiger partial charge in [-0.3, -0.25) is 9.59 Å². The molecule has 0 radical (unpaired) electrons. The number of primary amides is 1. The minimum atomic E-state index is -1.22. The van der Waals surface area contributed by atoms with E-state index < -0.39 is 35.1 Å². The molecule has 1 atom stereocenters. The smallest absolute Gasteiger partial charge is 0.255 e. The molecular weight excluding hydrogens is 278 g/mol. The van der Waals surface area contributed by atoms with Crippen LogP contribution in [0.4, 0.5) is 8.78 Å². The number of amides is 2. The van der Waals surface area contributed by atoms with Crippen LogP contribution < -0.4 is 11.1 Å². The summed E-state index contributed by atoms with van der Waals surface area (Å²) in [7, 11) is 0. The minimum absolute atomic E-state index is 0.0446. The zero-order valence-corrected chi connectivity index (χ0v) is 11.6. The van der Waals surface area contributed by atoms with Gasteiger partial charge in [0.15, 0.2) is 11.6 Å². The quantitative estimate of drug-likeness (QED) is 0.893. The van der Waals surface area contributed by atoms with Crippen LogP contribution in [0.15, 0.2) is 18.2 Å². The topological polar surface area (TPSA) is 72.2 Å². The summed E-state index contributed by atoms with van der Waals surface area (Å²) in [6, 6.07) is 2.50. The zero-order chi connectivity index (χ0) is 15.4. The summed E-state index contributed by atoms with van der Waals surface area (Å²) in [4.78, 5) is 23.6. The third-order valence-electron chi connectivity index (χ3n) is 3.91. The highest BCUT2D eigenvalue weighted by Gasteiger charge is 2.30. The lowest BCUT2D eigenvalue weighted by molar-refractivity contribution is -0.121. The second-order valence-electron chi connectivity index (χ2n) is 5.35. The van der Waals surface area contributed by atoms with Crippen molar-refractivity contribution in [3.05, 3.63) is 35.4 Å². The van der Waals surface area contributed by atoms with Gasteiger partial charge in [0.1, 0.15) is 6.04 Å². The molecule has 1 aromatic carbocycles. The first kappa shape index (κ1) is 15.4. The van der Waals surface area contributed by atoms with Crippen LogP contribution in [-0.2, 0) is 4.79 Å². The number of carbonyl (C=O) groups is 2. The molecule has 0 spiro atoms. The van der Waals surface area contributed by atoms with E-state index in [2.05, 4.69) is 5.32 Å². The van der Waals surface area contributed by atoms with E-state index in [0.717, 1.165) is 38.2 Å². The highest BCUT2D eigenvalue weighted by atomic mass is 19.2. The second-order valence-corrected chi connectivity index (χ2v) is 5.35. The van der Waals surface area contributed by atoms with E-state index in [1.165, 1.54) is 12.1 Å². The largest absolute Gasteiger partial charge is 0.368 e. The second kappa shape index (κ2) is 6.65. The third kappa shape index (κ3) is 3.56. The lowest BCUT2D eigenvalue weighted by Crippen LogP contribution is -2.49. The molecule has 1 aliphatic carbocycles. The molecule has 1 fully saturated rings. The van der Waals surface area contributed by atoms with Gasteiger partial charge in [0.05, 0.1) is 5.56 Å². The number of hydrogen-bond acceptors (Lipinski definition) is 2. The van der Waals surface area contributed by atoms with E-state index in [-0.39, 0.29) is 5.92 Å². The molecule has 0 unspecified atom stereocenters. The lowest BCUT2D eigenvalue weighted by Gasteiger charge is -2.28. The molecule has 0 heterocycles. The first-order valence-corrected chi connectivity index (χ1v) is 7.05. The van der Waals surface area contributed by atoms with Gasteiger partial charge in [-0.05, 0) is 30.9 Å². The van der Waals surface area contributed by atoms with Gasteiger partial charge in [-0.1, -0.05) is 25.3 Å². The SMILES string of the molecule is NC(=O)[C@H](NC(=O)c1cccc(F)c1F)C1CCCCC1. The monoisotopic (exact) mass is 296 g/mol. The molecule has 0 bridgehead atoms. The van der Waals surface area contributed by atoms with Crippen molar-refractivity contribution < 1.29 is 18.4 Å². The summed E-state index contributed by atoms with van der Waals surface area (Å²) in [6.07, 6.45) is 4.62. The first-order valence-electron chi connectivity index (χ1n) is 7.05. The molecule has 1 saturated carbocycles. The number of benzene rings is 1. The Kier molecular flexibility index (Phi) is 4.88. The average Bonchev–Trinajstić information content (AvgIpc) is 2.48. The van der Waals surface area contributed by atoms with E-state index in [0.29, 0.717) is 0 Å². The highest BCUT2D eigenvalue weighted by Crippen LogP contribution is 2.26. The van der Waals surface area contributed by atoms with Gasteiger partial charge in [-0.25, -0.2) is 8.78 Å². The molecule has 0 aromatic heterocycles.